The summed E-state index contributed by atoms with van der Waals surface area (Å²) in [5.74, 6) is 0.372. The lowest BCUT2D eigenvalue weighted by Crippen LogP contribution is -2.28. The van der Waals surface area contributed by atoms with Crippen LogP contribution in [0.4, 0.5) is 5.95 Å². The second kappa shape index (κ2) is 6.65. The molecule has 0 aliphatic rings. The molecule has 0 spiro atoms. The van der Waals surface area contributed by atoms with E-state index >= 15 is 0 Å². The van der Waals surface area contributed by atoms with Crippen molar-refractivity contribution < 1.29 is 8.42 Å². The minimum atomic E-state index is -3.52. The summed E-state index contributed by atoms with van der Waals surface area (Å²) in [6.07, 6.45) is 0. The molecule has 0 aliphatic heterocycles. The zero-order chi connectivity index (χ0) is 15.5. The normalized spacial score (nSPS) is 11.6. The summed E-state index contributed by atoms with van der Waals surface area (Å²) < 4.78 is 26.9. The molecule has 0 radical (unpaired) electrons. The largest absolute Gasteiger partial charge is 0.352 e. The van der Waals surface area contributed by atoms with Gasteiger partial charge in [0.25, 0.3) is 0 Å². The van der Waals surface area contributed by atoms with E-state index in [2.05, 4.69) is 25.2 Å². The van der Waals surface area contributed by atoms with Crippen LogP contribution in [0.5, 0.6) is 0 Å². The lowest BCUT2D eigenvalue weighted by atomic mass is 10.4. The number of anilines is 1. The highest BCUT2D eigenvalue weighted by atomic mass is 35.5. The summed E-state index contributed by atoms with van der Waals surface area (Å²) in [7, 11) is -3.52. The minimum absolute atomic E-state index is 0.191. The van der Waals surface area contributed by atoms with Crippen LogP contribution in [0, 0.1) is 13.8 Å². The molecule has 0 atom stereocenters. The summed E-state index contributed by atoms with van der Waals surface area (Å²) in [6, 6.07) is 3.02. The third-order valence-corrected chi connectivity index (χ3v) is 5.79. The average Bonchev–Trinajstić information content (AvgIpc) is 2.86. The van der Waals surface area contributed by atoms with E-state index in [4.69, 9.17) is 11.6 Å². The van der Waals surface area contributed by atoms with E-state index in [1.807, 2.05) is 13.8 Å². The van der Waals surface area contributed by atoms with Crippen LogP contribution in [0.3, 0.4) is 0 Å². The molecule has 0 bridgehead atoms. The summed E-state index contributed by atoms with van der Waals surface area (Å²) in [5.41, 5.74) is 1.54. The highest BCUT2D eigenvalue weighted by molar-refractivity contribution is 7.91. The van der Waals surface area contributed by atoms with Gasteiger partial charge in [-0.2, -0.15) is 5.10 Å². The topological polar surface area (TPSA) is 96.9 Å². The molecule has 0 saturated carbocycles. The van der Waals surface area contributed by atoms with Crippen LogP contribution < -0.4 is 10.0 Å². The molecule has 2 aromatic heterocycles. The highest BCUT2D eigenvalue weighted by Gasteiger charge is 2.15. The molecule has 0 aliphatic carbocycles. The summed E-state index contributed by atoms with van der Waals surface area (Å²) >= 11 is 6.74. The van der Waals surface area contributed by atoms with Gasteiger partial charge in [-0.1, -0.05) is 11.6 Å². The van der Waals surface area contributed by atoms with Crippen LogP contribution >= 0.6 is 22.9 Å². The molecule has 114 valence electrons. The van der Waals surface area contributed by atoms with Crippen LogP contribution in [0.2, 0.25) is 4.34 Å². The fourth-order valence-electron chi connectivity index (χ4n) is 1.40. The Kier molecular flexibility index (Phi) is 5.09. The van der Waals surface area contributed by atoms with Crippen molar-refractivity contribution in [2.45, 2.75) is 18.1 Å². The predicted octanol–water partition coefficient (Wildman–Crippen LogP) is 1.59. The van der Waals surface area contributed by atoms with Gasteiger partial charge in [-0.05, 0) is 26.0 Å². The van der Waals surface area contributed by atoms with Gasteiger partial charge in [-0.3, -0.25) is 0 Å². The highest BCUT2D eigenvalue weighted by Crippen LogP contribution is 2.25. The van der Waals surface area contributed by atoms with Crippen LogP contribution in [0.25, 0.3) is 0 Å². The molecular formula is C11H14ClN5O2S2. The first-order valence-electron chi connectivity index (χ1n) is 6.05. The van der Waals surface area contributed by atoms with Gasteiger partial charge in [-0.15, -0.1) is 16.4 Å². The first-order valence-corrected chi connectivity index (χ1v) is 8.73. The number of halogens is 1. The van der Waals surface area contributed by atoms with Crippen LogP contribution in [0.1, 0.15) is 11.4 Å². The van der Waals surface area contributed by atoms with Gasteiger partial charge in [0.15, 0.2) is 0 Å². The Morgan fingerprint density at radius 3 is 2.57 bits per heavy atom. The number of aromatic nitrogens is 3. The average molecular weight is 348 g/mol. The third kappa shape index (κ3) is 4.34. The van der Waals surface area contributed by atoms with Crippen LogP contribution in [-0.2, 0) is 10.0 Å². The first kappa shape index (κ1) is 16.1. The lowest BCUT2D eigenvalue weighted by Gasteiger charge is -2.07. The Morgan fingerprint density at radius 2 is 1.95 bits per heavy atom. The van der Waals surface area contributed by atoms with Crippen LogP contribution in [-0.4, -0.2) is 36.7 Å². The fraction of sp³-hybridized carbons (Fsp3) is 0.364. The van der Waals surface area contributed by atoms with Gasteiger partial charge in [0.1, 0.15) is 4.21 Å². The number of nitrogens with zero attached hydrogens (tertiary/aromatic N) is 3. The molecule has 2 rings (SSSR count). The Hall–Kier alpha value is -1.29. The maximum absolute atomic E-state index is 11.9. The number of hydrogen-bond acceptors (Lipinski definition) is 7. The molecule has 0 fully saturated rings. The van der Waals surface area contributed by atoms with Crippen LogP contribution in [0.15, 0.2) is 16.3 Å². The molecule has 2 aromatic rings. The number of rotatable bonds is 6. The second-order valence-corrected chi connectivity index (χ2v) is 7.90. The van der Waals surface area contributed by atoms with E-state index in [-0.39, 0.29) is 10.8 Å². The molecule has 7 nitrogen and oxygen atoms in total. The predicted molar refractivity (Wildman–Crippen MR) is 82.3 cm³/mol. The summed E-state index contributed by atoms with van der Waals surface area (Å²) in [5, 5.41) is 10.7. The number of sulfonamides is 1. The van der Waals surface area contributed by atoms with Crippen molar-refractivity contribution in [2.24, 2.45) is 0 Å². The fourth-order valence-corrected chi connectivity index (χ4v) is 3.96. The lowest BCUT2D eigenvalue weighted by molar-refractivity contribution is 0.585. The molecule has 0 amide bonds. The van der Waals surface area contributed by atoms with Gasteiger partial charge >= 0.3 is 0 Å². The SMILES string of the molecule is Cc1nnc(NCCNS(=O)(=O)c2ccc(Cl)s2)nc1C. The van der Waals surface area contributed by atoms with Gasteiger partial charge in [-0.25, -0.2) is 18.1 Å². The third-order valence-electron chi connectivity index (χ3n) is 2.61. The number of thiophene rings is 1. The Balaban J connectivity index is 1.85. The van der Waals surface area contributed by atoms with Crippen molar-refractivity contribution >= 4 is 38.9 Å². The standard InChI is InChI=1S/C11H14ClN5O2S2/c1-7-8(2)16-17-11(15-7)13-5-6-14-21(18,19)10-4-3-9(12)20-10/h3-4,14H,5-6H2,1-2H3,(H,13,15,17). The quantitative estimate of drug-likeness (QED) is 0.770. The molecule has 21 heavy (non-hydrogen) atoms. The molecular weight excluding hydrogens is 334 g/mol. The Labute approximate surface area is 131 Å². The van der Waals surface area contributed by atoms with E-state index < -0.39 is 10.0 Å². The van der Waals surface area contributed by atoms with Gasteiger partial charge < -0.3 is 5.32 Å². The summed E-state index contributed by atoms with van der Waals surface area (Å²) in [4.78, 5) is 4.19. The maximum Gasteiger partial charge on any atom is 0.250 e. The Morgan fingerprint density at radius 1 is 1.19 bits per heavy atom. The van der Waals surface area contributed by atoms with E-state index in [0.29, 0.717) is 16.8 Å². The molecule has 0 saturated heterocycles. The van der Waals surface area contributed by atoms with Crippen molar-refractivity contribution in [3.05, 3.63) is 27.9 Å². The van der Waals surface area contributed by atoms with E-state index in [1.165, 1.54) is 6.07 Å². The molecule has 2 N–H and O–H groups in total. The van der Waals surface area contributed by atoms with E-state index in [1.54, 1.807) is 6.07 Å². The zero-order valence-electron chi connectivity index (χ0n) is 11.4. The van der Waals surface area contributed by atoms with Crippen molar-refractivity contribution in [3.63, 3.8) is 0 Å². The zero-order valence-corrected chi connectivity index (χ0v) is 13.8. The van der Waals surface area contributed by atoms with E-state index in [9.17, 15) is 8.42 Å². The van der Waals surface area contributed by atoms with Crippen molar-refractivity contribution in [3.8, 4) is 0 Å². The first-order chi connectivity index (χ1) is 9.88. The Bertz CT molecular complexity index is 732. The minimum Gasteiger partial charge on any atom is -0.352 e. The van der Waals surface area contributed by atoms with Crippen molar-refractivity contribution in [1.82, 2.24) is 19.9 Å². The van der Waals surface area contributed by atoms with E-state index in [0.717, 1.165) is 22.7 Å². The van der Waals surface area contributed by atoms with Crippen molar-refractivity contribution in [1.29, 1.82) is 0 Å². The number of aryl methyl sites for hydroxylation is 2. The smallest absolute Gasteiger partial charge is 0.250 e. The second-order valence-electron chi connectivity index (χ2n) is 4.19. The molecule has 10 heteroatoms. The molecule has 2 heterocycles. The monoisotopic (exact) mass is 347 g/mol. The number of hydrogen-bond donors (Lipinski definition) is 2. The van der Waals surface area contributed by atoms with Gasteiger partial charge in [0, 0.05) is 13.1 Å². The summed E-state index contributed by atoms with van der Waals surface area (Å²) in [6.45, 7) is 4.20. The van der Waals surface area contributed by atoms with Gasteiger partial charge in [0.2, 0.25) is 16.0 Å². The maximum atomic E-state index is 11.9. The molecule has 0 unspecified atom stereocenters. The van der Waals surface area contributed by atoms with Crippen molar-refractivity contribution in [2.75, 3.05) is 18.4 Å². The number of nitrogens with one attached hydrogen (secondary N) is 2. The van der Waals surface area contributed by atoms with Gasteiger partial charge in [0.05, 0.1) is 15.7 Å². The molecule has 0 aromatic carbocycles.